The van der Waals surface area contributed by atoms with Crippen molar-refractivity contribution in [1.29, 1.82) is 0 Å². The molecule has 0 fully saturated rings. The van der Waals surface area contributed by atoms with Gasteiger partial charge in [0.15, 0.2) is 9.60 Å². The minimum absolute atomic E-state index is 0.114. The molecule has 0 unspecified atom stereocenters. The Morgan fingerprint density at radius 1 is 1.36 bits per heavy atom. The van der Waals surface area contributed by atoms with Gasteiger partial charge in [0.1, 0.15) is 17.6 Å². The van der Waals surface area contributed by atoms with E-state index >= 15 is 0 Å². The fraction of sp³-hybridized carbons (Fsp3) is 0.300. The lowest BCUT2D eigenvalue weighted by Crippen LogP contribution is -2.28. The van der Waals surface area contributed by atoms with Crippen LogP contribution in [0.2, 0.25) is 0 Å². The van der Waals surface area contributed by atoms with E-state index in [0.717, 1.165) is 11.3 Å². The van der Waals surface area contributed by atoms with Gasteiger partial charge in [-0.15, -0.1) is 6.58 Å². The van der Waals surface area contributed by atoms with Crippen LogP contribution < -0.4 is 10.9 Å². The molecular weight excluding hydrogens is 392 g/mol. The largest absolute Gasteiger partial charge is 0.324 e. The average Bonchev–Trinajstić information content (AvgIpc) is 2.94. The number of carbonyl (C=O) groups is 1. The third kappa shape index (κ3) is 3.98. The first-order valence-electron chi connectivity index (χ1n) is 8.81. The molecule has 3 aromatic rings. The SMILES string of the molecule is C=CCn1c(=S)sc2c(=O)n(CC(=O)Nc3ccccc3C(C)(C)C)cnc21. The van der Waals surface area contributed by atoms with E-state index in [0.29, 0.717) is 20.8 Å². The number of amides is 1. The predicted molar refractivity (Wildman–Crippen MR) is 117 cm³/mol. The van der Waals surface area contributed by atoms with Crippen molar-refractivity contribution in [1.82, 2.24) is 14.1 Å². The smallest absolute Gasteiger partial charge is 0.273 e. The Bertz CT molecular complexity index is 1170. The van der Waals surface area contributed by atoms with Gasteiger partial charge in [0.05, 0.1) is 0 Å². The number of nitrogens with one attached hydrogen (secondary N) is 1. The molecule has 2 heterocycles. The molecule has 8 heteroatoms. The molecule has 1 amide bonds. The molecule has 1 aromatic carbocycles. The summed E-state index contributed by atoms with van der Waals surface area (Å²) in [6, 6.07) is 7.67. The van der Waals surface area contributed by atoms with Crippen LogP contribution in [-0.2, 0) is 23.3 Å². The van der Waals surface area contributed by atoms with Gasteiger partial charge in [0.25, 0.3) is 5.56 Å². The van der Waals surface area contributed by atoms with Crippen LogP contribution in [0, 0.1) is 3.95 Å². The van der Waals surface area contributed by atoms with Gasteiger partial charge in [-0.3, -0.25) is 14.2 Å². The molecule has 2 aromatic heterocycles. The summed E-state index contributed by atoms with van der Waals surface area (Å²) in [5.41, 5.74) is 1.91. The number of benzene rings is 1. The number of anilines is 1. The summed E-state index contributed by atoms with van der Waals surface area (Å²) in [6.45, 7) is 10.3. The number of aromatic nitrogens is 3. The van der Waals surface area contributed by atoms with E-state index in [1.165, 1.54) is 22.2 Å². The maximum atomic E-state index is 12.8. The summed E-state index contributed by atoms with van der Waals surface area (Å²) in [4.78, 5) is 29.7. The van der Waals surface area contributed by atoms with Gasteiger partial charge in [0, 0.05) is 12.2 Å². The van der Waals surface area contributed by atoms with Crippen LogP contribution in [0.25, 0.3) is 10.3 Å². The van der Waals surface area contributed by atoms with E-state index in [9.17, 15) is 9.59 Å². The molecule has 0 aliphatic heterocycles. The Balaban J connectivity index is 1.89. The average molecular weight is 415 g/mol. The first-order chi connectivity index (χ1) is 13.2. The van der Waals surface area contributed by atoms with Crippen LogP contribution in [0.15, 0.2) is 48.0 Å². The predicted octanol–water partition coefficient (Wildman–Crippen LogP) is 4.11. The van der Waals surface area contributed by atoms with E-state index < -0.39 is 0 Å². The second-order valence-electron chi connectivity index (χ2n) is 7.44. The summed E-state index contributed by atoms with van der Waals surface area (Å²) in [7, 11) is 0. The fourth-order valence-corrected chi connectivity index (χ4v) is 4.28. The topological polar surface area (TPSA) is 68.9 Å². The van der Waals surface area contributed by atoms with E-state index in [1.54, 1.807) is 10.6 Å². The summed E-state index contributed by atoms with van der Waals surface area (Å²) < 4.78 is 4.06. The van der Waals surface area contributed by atoms with Crippen molar-refractivity contribution in [3.05, 3.63) is 63.1 Å². The number of allylic oxidation sites excluding steroid dienone is 1. The number of rotatable bonds is 5. The maximum Gasteiger partial charge on any atom is 0.273 e. The van der Waals surface area contributed by atoms with Gasteiger partial charge in [-0.25, -0.2) is 4.98 Å². The van der Waals surface area contributed by atoms with Crippen LogP contribution in [-0.4, -0.2) is 20.0 Å². The normalized spacial score (nSPS) is 11.5. The number of thiazole rings is 1. The van der Waals surface area contributed by atoms with Gasteiger partial charge >= 0.3 is 0 Å². The Morgan fingerprint density at radius 2 is 2.07 bits per heavy atom. The molecule has 0 saturated heterocycles. The lowest BCUT2D eigenvalue weighted by atomic mass is 9.86. The van der Waals surface area contributed by atoms with Gasteiger partial charge in [-0.2, -0.15) is 0 Å². The summed E-state index contributed by atoms with van der Waals surface area (Å²) in [5, 5.41) is 2.92. The number of hydrogen-bond donors (Lipinski definition) is 1. The molecule has 146 valence electrons. The van der Waals surface area contributed by atoms with Crippen LogP contribution in [0.1, 0.15) is 26.3 Å². The molecule has 0 spiro atoms. The Kier molecular flexibility index (Phi) is 5.62. The minimum Gasteiger partial charge on any atom is -0.324 e. The summed E-state index contributed by atoms with van der Waals surface area (Å²) in [5.74, 6) is -0.283. The fourth-order valence-electron chi connectivity index (χ4n) is 2.97. The Morgan fingerprint density at radius 3 is 2.75 bits per heavy atom. The molecule has 0 bridgehead atoms. The van der Waals surface area contributed by atoms with E-state index in [4.69, 9.17) is 12.2 Å². The molecule has 0 aliphatic carbocycles. The number of carbonyl (C=O) groups excluding carboxylic acids is 1. The second-order valence-corrected chi connectivity index (χ2v) is 9.09. The Labute approximate surface area is 172 Å². The monoisotopic (exact) mass is 414 g/mol. The van der Waals surface area contributed by atoms with Crippen LogP contribution >= 0.6 is 23.6 Å². The molecule has 0 radical (unpaired) electrons. The van der Waals surface area contributed by atoms with Crippen molar-refractivity contribution in [2.45, 2.75) is 39.3 Å². The molecule has 28 heavy (non-hydrogen) atoms. The van der Waals surface area contributed by atoms with Gasteiger partial charge < -0.3 is 9.88 Å². The quantitative estimate of drug-likeness (QED) is 0.504. The highest BCUT2D eigenvalue weighted by atomic mass is 32.1. The molecular formula is C20H22N4O2S2. The standard InChI is InChI=1S/C20H22N4O2S2/c1-5-10-24-17-16(28-19(24)27)18(26)23(12-21-17)11-15(25)22-14-9-7-6-8-13(14)20(2,3)4/h5-9,12H,1,10-11H2,2-4H3,(H,22,25). The molecule has 6 nitrogen and oxygen atoms in total. The van der Waals surface area contributed by atoms with E-state index in [2.05, 4.69) is 37.7 Å². The van der Waals surface area contributed by atoms with Crippen molar-refractivity contribution in [3.8, 4) is 0 Å². The number of fused-ring (bicyclic) bond motifs is 1. The Hall–Kier alpha value is -2.58. The van der Waals surface area contributed by atoms with E-state index in [1.807, 2.05) is 24.3 Å². The third-order valence-electron chi connectivity index (χ3n) is 4.28. The lowest BCUT2D eigenvalue weighted by Gasteiger charge is -2.23. The number of nitrogens with zero attached hydrogens (tertiary/aromatic N) is 3. The minimum atomic E-state index is -0.283. The van der Waals surface area contributed by atoms with Crippen molar-refractivity contribution < 1.29 is 4.79 Å². The first kappa shape index (κ1) is 20.2. The van der Waals surface area contributed by atoms with Gasteiger partial charge in [0.2, 0.25) is 5.91 Å². The zero-order chi connectivity index (χ0) is 20.5. The first-order valence-corrected chi connectivity index (χ1v) is 10.0. The van der Waals surface area contributed by atoms with Gasteiger partial charge in [-0.05, 0) is 29.3 Å². The van der Waals surface area contributed by atoms with Crippen LogP contribution in [0.3, 0.4) is 0 Å². The zero-order valence-corrected chi connectivity index (χ0v) is 17.7. The number of para-hydroxylation sites is 1. The van der Waals surface area contributed by atoms with Crippen LogP contribution in [0.5, 0.6) is 0 Å². The highest BCUT2D eigenvalue weighted by Gasteiger charge is 2.19. The number of hydrogen-bond acceptors (Lipinski definition) is 5. The third-order valence-corrected chi connectivity index (χ3v) is 5.70. The van der Waals surface area contributed by atoms with Crippen molar-refractivity contribution in [2.24, 2.45) is 0 Å². The van der Waals surface area contributed by atoms with Crippen molar-refractivity contribution >= 4 is 45.5 Å². The summed E-state index contributed by atoms with van der Waals surface area (Å²) in [6.07, 6.45) is 3.09. The van der Waals surface area contributed by atoms with Gasteiger partial charge in [-0.1, -0.05) is 56.4 Å². The second kappa shape index (κ2) is 7.81. The summed E-state index contributed by atoms with van der Waals surface area (Å²) >= 11 is 6.51. The maximum absolute atomic E-state index is 12.8. The van der Waals surface area contributed by atoms with Crippen molar-refractivity contribution in [3.63, 3.8) is 0 Å². The molecule has 0 aliphatic rings. The highest BCUT2D eigenvalue weighted by molar-refractivity contribution is 7.73. The van der Waals surface area contributed by atoms with E-state index in [-0.39, 0.29) is 23.4 Å². The van der Waals surface area contributed by atoms with Crippen LogP contribution in [0.4, 0.5) is 5.69 Å². The lowest BCUT2D eigenvalue weighted by molar-refractivity contribution is -0.116. The zero-order valence-electron chi connectivity index (χ0n) is 16.1. The highest BCUT2D eigenvalue weighted by Crippen LogP contribution is 2.29. The molecule has 0 saturated carbocycles. The molecule has 0 atom stereocenters. The molecule has 1 N–H and O–H groups in total. The van der Waals surface area contributed by atoms with Crippen molar-refractivity contribution in [2.75, 3.05) is 5.32 Å². The molecule has 3 rings (SSSR count).